The van der Waals surface area contributed by atoms with Crippen LogP contribution in [0.4, 0.5) is 0 Å². The van der Waals surface area contributed by atoms with E-state index in [0.717, 1.165) is 4.90 Å². The molecule has 3 amide bonds. The van der Waals surface area contributed by atoms with Crippen molar-refractivity contribution in [3.63, 3.8) is 0 Å². The van der Waals surface area contributed by atoms with Crippen LogP contribution in [0.2, 0.25) is 0 Å². The third kappa shape index (κ3) is 2.99. The fraction of sp³-hybridized carbons (Fsp3) is 0.214. The number of nitrogens with zero attached hydrogens (tertiary/aromatic N) is 1. The summed E-state index contributed by atoms with van der Waals surface area (Å²) in [5, 5.41) is 2.17. The van der Waals surface area contributed by atoms with E-state index in [2.05, 4.69) is 17.2 Å². The highest BCUT2D eigenvalue weighted by Gasteiger charge is 2.32. The number of nitrogens with one attached hydrogen (secondary N) is 1. The molecule has 1 heterocycles. The Morgan fingerprint density at radius 1 is 1.32 bits per heavy atom. The smallest absolute Gasteiger partial charge is 0.299 e. The van der Waals surface area contributed by atoms with Crippen LogP contribution in [0.3, 0.4) is 0 Å². The fourth-order valence-electron chi connectivity index (χ4n) is 1.68. The minimum absolute atomic E-state index is 0.144. The van der Waals surface area contributed by atoms with Gasteiger partial charge in [-0.15, -0.1) is 0 Å². The zero-order valence-corrected chi connectivity index (χ0v) is 10.3. The van der Waals surface area contributed by atoms with Crippen LogP contribution in [0.5, 0.6) is 0 Å². The summed E-state index contributed by atoms with van der Waals surface area (Å²) in [6.45, 7) is 1.42. The summed E-state index contributed by atoms with van der Waals surface area (Å²) in [6.07, 6.45) is 0. The molecule has 0 aliphatic carbocycles. The van der Waals surface area contributed by atoms with Crippen LogP contribution in [0, 0.1) is 11.8 Å². The van der Waals surface area contributed by atoms with E-state index < -0.39 is 23.8 Å². The molecule has 1 unspecified atom stereocenters. The number of imide groups is 1. The predicted molar refractivity (Wildman–Crippen MR) is 67.6 cm³/mol. The molecule has 5 nitrogen and oxygen atoms in total. The zero-order valence-electron chi connectivity index (χ0n) is 10.3. The second-order valence-electron chi connectivity index (χ2n) is 4.14. The van der Waals surface area contributed by atoms with Gasteiger partial charge in [0.2, 0.25) is 11.8 Å². The van der Waals surface area contributed by atoms with E-state index in [4.69, 9.17) is 0 Å². The first-order valence-corrected chi connectivity index (χ1v) is 5.79. The summed E-state index contributed by atoms with van der Waals surface area (Å²) in [5.74, 6) is 3.66. The van der Waals surface area contributed by atoms with Gasteiger partial charge in [0.25, 0.3) is 5.91 Å². The average molecular weight is 256 g/mol. The molecule has 2 rings (SSSR count). The summed E-state index contributed by atoms with van der Waals surface area (Å²) in [5.41, 5.74) is 0.705. The van der Waals surface area contributed by atoms with Crippen molar-refractivity contribution >= 4 is 17.7 Å². The van der Waals surface area contributed by atoms with E-state index in [-0.39, 0.29) is 6.54 Å². The monoisotopic (exact) mass is 256 g/mol. The largest absolute Gasteiger partial charge is 0.311 e. The van der Waals surface area contributed by atoms with Crippen LogP contribution in [0.25, 0.3) is 0 Å². The summed E-state index contributed by atoms with van der Waals surface area (Å²) in [7, 11) is 0. The van der Waals surface area contributed by atoms with Crippen molar-refractivity contribution in [2.75, 3.05) is 6.54 Å². The number of benzene rings is 1. The van der Waals surface area contributed by atoms with Gasteiger partial charge in [0.1, 0.15) is 12.6 Å². The Bertz CT molecular complexity index is 584. The molecule has 0 bridgehead atoms. The van der Waals surface area contributed by atoms with E-state index in [1.807, 2.05) is 18.2 Å². The number of carbonyl (C=O) groups excluding carboxylic acids is 3. The van der Waals surface area contributed by atoms with Gasteiger partial charge in [0.15, 0.2) is 0 Å². The van der Waals surface area contributed by atoms with Crippen molar-refractivity contribution in [3.8, 4) is 11.8 Å². The second-order valence-corrected chi connectivity index (χ2v) is 4.14. The van der Waals surface area contributed by atoms with Crippen molar-refractivity contribution in [2.24, 2.45) is 0 Å². The molecule has 1 aromatic rings. The summed E-state index contributed by atoms with van der Waals surface area (Å²) in [4.78, 5) is 35.7. The maximum absolute atomic E-state index is 11.9. The Balaban J connectivity index is 2.14. The number of hydrogen-bond acceptors (Lipinski definition) is 3. The minimum atomic E-state index is -0.685. The molecular formula is C14H12N2O3. The lowest BCUT2D eigenvalue weighted by Crippen LogP contribution is -2.58. The maximum Gasteiger partial charge on any atom is 0.299 e. The average Bonchev–Trinajstić information content (AvgIpc) is 2.41. The van der Waals surface area contributed by atoms with Crippen LogP contribution in [-0.2, 0) is 14.4 Å². The Hall–Kier alpha value is -2.61. The molecule has 0 spiro atoms. The van der Waals surface area contributed by atoms with Crippen LogP contribution < -0.4 is 5.32 Å². The number of carbonyl (C=O) groups is 3. The van der Waals surface area contributed by atoms with Gasteiger partial charge in [0, 0.05) is 11.5 Å². The molecule has 1 aromatic carbocycles. The molecule has 0 radical (unpaired) electrons. The summed E-state index contributed by atoms with van der Waals surface area (Å²) >= 11 is 0. The number of amides is 3. The first-order chi connectivity index (χ1) is 9.08. The molecule has 5 heteroatoms. The van der Waals surface area contributed by atoms with Crippen LogP contribution in [-0.4, -0.2) is 35.2 Å². The van der Waals surface area contributed by atoms with Gasteiger partial charge < -0.3 is 4.90 Å². The third-order valence-electron chi connectivity index (χ3n) is 2.77. The van der Waals surface area contributed by atoms with Gasteiger partial charge in [0.05, 0.1) is 0 Å². The Morgan fingerprint density at radius 2 is 2.00 bits per heavy atom. The highest BCUT2D eigenvalue weighted by Crippen LogP contribution is 2.05. The van der Waals surface area contributed by atoms with Crippen molar-refractivity contribution in [1.29, 1.82) is 0 Å². The standard InChI is InChI=1S/C14H12N2O3/c1-10-14(19)15-12(17)9-16(10)13(18)8-7-11-5-3-2-4-6-11/h2-6,10H,9H2,1H3,(H,15,17,19). The molecule has 0 aromatic heterocycles. The first-order valence-electron chi connectivity index (χ1n) is 5.79. The SMILES string of the molecule is CC1C(=O)NC(=O)CN1C(=O)C#Cc1ccccc1. The third-order valence-corrected chi connectivity index (χ3v) is 2.77. The fourth-order valence-corrected chi connectivity index (χ4v) is 1.68. The van der Waals surface area contributed by atoms with Crippen molar-refractivity contribution in [3.05, 3.63) is 35.9 Å². The van der Waals surface area contributed by atoms with E-state index in [9.17, 15) is 14.4 Å². The molecular weight excluding hydrogens is 244 g/mol. The predicted octanol–water partition coefficient (Wildman–Crippen LogP) is -0.0884. The Labute approximate surface area is 110 Å². The van der Waals surface area contributed by atoms with Gasteiger partial charge in [-0.3, -0.25) is 19.7 Å². The lowest BCUT2D eigenvalue weighted by molar-refractivity contribution is -0.146. The quantitative estimate of drug-likeness (QED) is 0.521. The molecule has 1 atom stereocenters. The van der Waals surface area contributed by atoms with Crippen molar-refractivity contribution < 1.29 is 14.4 Å². The highest BCUT2D eigenvalue weighted by atomic mass is 16.2. The van der Waals surface area contributed by atoms with Gasteiger partial charge in [-0.05, 0) is 19.1 Å². The van der Waals surface area contributed by atoms with Gasteiger partial charge in [-0.25, -0.2) is 0 Å². The van der Waals surface area contributed by atoms with E-state index in [1.54, 1.807) is 19.1 Å². The maximum atomic E-state index is 11.9. The molecule has 96 valence electrons. The van der Waals surface area contributed by atoms with E-state index >= 15 is 0 Å². The molecule has 19 heavy (non-hydrogen) atoms. The molecule has 1 aliphatic rings. The second kappa shape index (κ2) is 5.36. The van der Waals surface area contributed by atoms with Crippen molar-refractivity contribution in [1.82, 2.24) is 10.2 Å². The number of rotatable bonds is 0. The lowest BCUT2D eigenvalue weighted by Gasteiger charge is -2.29. The minimum Gasteiger partial charge on any atom is -0.311 e. The summed E-state index contributed by atoms with van der Waals surface area (Å²) < 4.78 is 0. The van der Waals surface area contributed by atoms with Gasteiger partial charge in [-0.1, -0.05) is 24.1 Å². The number of piperazine rings is 1. The topological polar surface area (TPSA) is 66.5 Å². The van der Waals surface area contributed by atoms with Crippen LogP contribution >= 0.6 is 0 Å². The normalized spacial score (nSPS) is 18.4. The summed E-state index contributed by atoms with van der Waals surface area (Å²) in [6, 6.07) is 8.35. The molecule has 1 aliphatic heterocycles. The van der Waals surface area contributed by atoms with E-state index in [0.29, 0.717) is 5.56 Å². The van der Waals surface area contributed by atoms with Crippen molar-refractivity contribution in [2.45, 2.75) is 13.0 Å². The van der Waals surface area contributed by atoms with Crippen LogP contribution in [0.1, 0.15) is 12.5 Å². The first kappa shape index (κ1) is 12.8. The molecule has 1 saturated heterocycles. The molecule has 1 fully saturated rings. The van der Waals surface area contributed by atoms with Gasteiger partial charge >= 0.3 is 0 Å². The number of hydrogen-bond donors (Lipinski definition) is 1. The zero-order chi connectivity index (χ0) is 13.8. The highest BCUT2D eigenvalue weighted by molar-refractivity contribution is 6.07. The Kier molecular flexibility index (Phi) is 3.62. The van der Waals surface area contributed by atoms with E-state index in [1.165, 1.54) is 0 Å². The molecule has 0 saturated carbocycles. The van der Waals surface area contributed by atoms with Crippen LogP contribution in [0.15, 0.2) is 30.3 Å². The van der Waals surface area contributed by atoms with Gasteiger partial charge in [-0.2, -0.15) is 0 Å². The lowest BCUT2D eigenvalue weighted by atomic mass is 10.2. The molecule has 1 N–H and O–H groups in total. The Morgan fingerprint density at radius 3 is 2.68 bits per heavy atom.